The molecule has 104 valence electrons. The molecule has 0 aliphatic heterocycles. The van der Waals surface area contributed by atoms with Gasteiger partial charge in [0.05, 0.1) is 11.8 Å². The molecule has 2 rings (SSSR count). The van der Waals surface area contributed by atoms with Crippen LogP contribution in [-0.4, -0.2) is 16.7 Å². The van der Waals surface area contributed by atoms with Gasteiger partial charge in [0.25, 0.3) is 0 Å². The van der Waals surface area contributed by atoms with Gasteiger partial charge >= 0.3 is 0 Å². The first-order chi connectivity index (χ1) is 9.24. The number of hydrogen-bond acceptors (Lipinski definition) is 5. The molecule has 5 nitrogen and oxygen atoms in total. The van der Waals surface area contributed by atoms with Crippen LogP contribution in [-0.2, 0) is 6.42 Å². The minimum absolute atomic E-state index is 0.605. The molecule has 2 aromatic heterocycles. The topological polar surface area (TPSA) is 78.1 Å². The van der Waals surface area contributed by atoms with Crippen LogP contribution in [0.1, 0.15) is 37.8 Å². The second-order valence-electron chi connectivity index (χ2n) is 4.79. The summed E-state index contributed by atoms with van der Waals surface area (Å²) in [5.41, 5.74) is 6.49. The summed E-state index contributed by atoms with van der Waals surface area (Å²) in [5, 5.41) is 4.00. The number of furan rings is 1. The maximum absolute atomic E-state index is 5.60. The molecule has 2 N–H and O–H groups in total. The molecule has 1 unspecified atom stereocenters. The molecule has 19 heavy (non-hydrogen) atoms. The van der Waals surface area contributed by atoms with E-state index in [0.717, 1.165) is 43.6 Å². The minimum Gasteiger partial charge on any atom is -0.469 e. The molecular formula is C14H21N3O2. The fourth-order valence-electron chi connectivity index (χ4n) is 2.20. The van der Waals surface area contributed by atoms with Gasteiger partial charge in [-0.25, -0.2) is 0 Å². The van der Waals surface area contributed by atoms with Crippen molar-refractivity contribution < 1.29 is 8.94 Å². The fourth-order valence-corrected chi connectivity index (χ4v) is 2.20. The van der Waals surface area contributed by atoms with Crippen molar-refractivity contribution in [3.63, 3.8) is 0 Å². The Morgan fingerprint density at radius 1 is 1.37 bits per heavy atom. The predicted molar refractivity (Wildman–Crippen MR) is 72.5 cm³/mol. The maximum atomic E-state index is 5.60. The SMILES string of the molecule is CCC(CCN)CCc1nc(-c2ccoc2C)no1. The highest BCUT2D eigenvalue weighted by Crippen LogP contribution is 2.22. The number of aryl methyl sites for hydroxylation is 2. The second kappa shape index (κ2) is 6.52. The van der Waals surface area contributed by atoms with Gasteiger partial charge in [-0.15, -0.1) is 0 Å². The molecular weight excluding hydrogens is 242 g/mol. The van der Waals surface area contributed by atoms with Crippen molar-refractivity contribution in [3.8, 4) is 11.4 Å². The molecule has 0 aromatic carbocycles. The molecule has 2 heterocycles. The average molecular weight is 263 g/mol. The summed E-state index contributed by atoms with van der Waals surface area (Å²) < 4.78 is 10.5. The zero-order valence-corrected chi connectivity index (χ0v) is 11.6. The smallest absolute Gasteiger partial charge is 0.226 e. The summed E-state index contributed by atoms with van der Waals surface area (Å²) in [4.78, 5) is 4.41. The number of aromatic nitrogens is 2. The highest BCUT2D eigenvalue weighted by atomic mass is 16.5. The normalized spacial score (nSPS) is 12.8. The average Bonchev–Trinajstić information content (AvgIpc) is 3.03. The Kier molecular flexibility index (Phi) is 4.74. The first kappa shape index (κ1) is 13.8. The molecule has 0 fully saturated rings. The van der Waals surface area contributed by atoms with Gasteiger partial charge in [0.15, 0.2) is 0 Å². The summed E-state index contributed by atoms with van der Waals surface area (Å²) >= 11 is 0. The lowest BCUT2D eigenvalue weighted by Crippen LogP contribution is -2.09. The van der Waals surface area contributed by atoms with Crippen molar-refractivity contribution in [1.82, 2.24) is 10.1 Å². The summed E-state index contributed by atoms with van der Waals surface area (Å²) in [7, 11) is 0. The Bertz CT molecular complexity index is 504. The van der Waals surface area contributed by atoms with Crippen LogP contribution in [0.15, 0.2) is 21.3 Å². The van der Waals surface area contributed by atoms with Crippen molar-refractivity contribution in [2.45, 2.75) is 39.5 Å². The van der Waals surface area contributed by atoms with Gasteiger partial charge < -0.3 is 14.7 Å². The number of nitrogens with zero attached hydrogens (tertiary/aromatic N) is 2. The van der Waals surface area contributed by atoms with Crippen LogP contribution in [0.3, 0.4) is 0 Å². The van der Waals surface area contributed by atoms with E-state index in [4.69, 9.17) is 14.7 Å². The van der Waals surface area contributed by atoms with Crippen LogP contribution in [0.2, 0.25) is 0 Å². The van der Waals surface area contributed by atoms with Gasteiger partial charge in [-0.3, -0.25) is 0 Å². The number of nitrogens with two attached hydrogens (primary N) is 1. The Morgan fingerprint density at radius 3 is 2.84 bits per heavy atom. The summed E-state index contributed by atoms with van der Waals surface area (Å²) in [5.74, 6) is 2.73. The molecule has 0 saturated carbocycles. The standard InChI is InChI=1S/C14H21N3O2/c1-3-11(6-8-15)4-5-13-16-14(17-19-13)12-7-9-18-10(12)2/h7,9,11H,3-6,8,15H2,1-2H3. The Morgan fingerprint density at radius 2 is 2.21 bits per heavy atom. The van der Waals surface area contributed by atoms with E-state index >= 15 is 0 Å². The zero-order valence-electron chi connectivity index (χ0n) is 11.6. The van der Waals surface area contributed by atoms with E-state index in [0.29, 0.717) is 17.6 Å². The third kappa shape index (κ3) is 3.44. The van der Waals surface area contributed by atoms with Crippen LogP contribution >= 0.6 is 0 Å². The zero-order chi connectivity index (χ0) is 13.7. The van der Waals surface area contributed by atoms with E-state index in [1.54, 1.807) is 6.26 Å². The Balaban J connectivity index is 1.96. The molecule has 0 spiro atoms. The van der Waals surface area contributed by atoms with Crippen LogP contribution < -0.4 is 5.73 Å². The predicted octanol–water partition coefficient (Wildman–Crippen LogP) is 2.95. The van der Waals surface area contributed by atoms with Crippen molar-refractivity contribution in [2.75, 3.05) is 6.54 Å². The van der Waals surface area contributed by atoms with E-state index in [1.165, 1.54) is 0 Å². The van der Waals surface area contributed by atoms with Crippen LogP contribution in [0.5, 0.6) is 0 Å². The lowest BCUT2D eigenvalue weighted by atomic mass is 9.97. The molecule has 2 aromatic rings. The number of hydrogen-bond donors (Lipinski definition) is 1. The van der Waals surface area contributed by atoms with Gasteiger partial charge in [0.1, 0.15) is 5.76 Å². The minimum atomic E-state index is 0.605. The fraction of sp³-hybridized carbons (Fsp3) is 0.571. The summed E-state index contributed by atoms with van der Waals surface area (Å²) in [6.45, 7) is 4.82. The van der Waals surface area contributed by atoms with Gasteiger partial charge in [-0.05, 0) is 38.3 Å². The second-order valence-corrected chi connectivity index (χ2v) is 4.79. The molecule has 0 aliphatic carbocycles. The van der Waals surface area contributed by atoms with E-state index in [-0.39, 0.29) is 0 Å². The molecule has 0 amide bonds. The maximum Gasteiger partial charge on any atom is 0.226 e. The van der Waals surface area contributed by atoms with Gasteiger partial charge in [0, 0.05) is 6.42 Å². The van der Waals surface area contributed by atoms with E-state index in [2.05, 4.69) is 17.1 Å². The van der Waals surface area contributed by atoms with Crippen molar-refractivity contribution >= 4 is 0 Å². The lowest BCUT2D eigenvalue weighted by Gasteiger charge is -2.11. The molecule has 5 heteroatoms. The van der Waals surface area contributed by atoms with Gasteiger partial charge in [-0.1, -0.05) is 18.5 Å². The third-order valence-corrected chi connectivity index (χ3v) is 3.49. The molecule has 0 radical (unpaired) electrons. The Hall–Kier alpha value is -1.62. The van der Waals surface area contributed by atoms with Crippen LogP contribution in [0.4, 0.5) is 0 Å². The summed E-state index contributed by atoms with van der Waals surface area (Å²) in [6.07, 6.45) is 5.68. The molecule has 0 saturated heterocycles. The third-order valence-electron chi connectivity index (χ3n) is 3.49. The largest absolute Gasteiger partial charge is 0.469 e. The molecule has 1 atom stereocenters. The first-order valence-corrected chi connectivity index (χ1v) is 6.81. The first-order valence-electron chi connectivity index (χ1n) is 6.81. The quantitative estimate of drug-likeness (QED) is 0.830. The van der Waals surface area contributed by atoms with Crippen LogP contribution in [0.25, 0.3) is 11.4 Å². The lowest BCUT2D eigenvalue weighted by molar-refractivity contribution is 0.354. The highest BCUT2D eigenvalue weighted by molar-refractivity contribution is 5.55. The van der Waals surface area contributed by atoms with E-state index in [1.807, 2.05) is 13.0 Å². The van der Waals surface area contributed by atoms with Crippen molar-refractivity contribution in [3.05, 3.63) is 24.0 Å². The van der Waals surface area contributed by atoms with Crippen molar-refractivity contribution in [2.24, 2.45) is 11.7 Å². The monoisotopic (exact) mass is 263 g/mol. The van der Waals surface area contributed by atoms with E-state index < -0.39 is 0 Å². The Labute approximate surface area is 113 Å². The van der Waals surface area contributed by atoms with E-state index in [9.17, 15) is 0 Å². The van der Waals surface area contributed by atoms with Gasteiger partial charge in [0.2, 0.25) is 11.7 Å². The van der Waals surface area contributed by atoms with Crippen LogP contribution in [0, 0.1) is 12.8 Å². The number of rotatable bonds is 7. The molecule has 0 bridgehead atoms. The van der Waals surface area contributed by atoms with Gasteiger partial charge in [-0.2, -0.15) is 4.98 Å². The molecule has 0 aliphatic rings. The summed E-state index contributed by atoms with van der Waals surface area (Å²) in [6, 6.07) is 1.85. The highest BCUT2D eigenvalue weighted by Gasteiger charge is 2.14. The van der Waals surface area contributed by atoms with Crippen molar-refractivity contribution in [1.29, 1.82) is 0 Å².